The van der Waals surface area contributed by atoms with Crippen LogP contribution in [0.15, 0.2) is 39.5 Å². The van der Waals surface area contributed by atoms with Gasteiger partial charge in [-0.15, -0.1) is 0 Å². The van der Waals surface area contributed by atoms with Gasteiger partial charge in [-0.3, -0.25) is 0 Å². The Balaban J connectivity index is 2.18. The van der Waals surface area contributed by atoms with Gasteiger partial charge in [-0.2, -0.15) is 4.98 Å². The Kier molecular flexibility index (Phi) is 1.97. The number of furan rings is 1. The first-order chi connectivity index (χ1) is 7.88. The minimum Gasteiger partial charge on any atom is -0.464 e. The molecular formula is C11H8N2O3. The molecule has 3 rings (SSSR count). The van der Waals surface area contributed by atoms with E-state index in [0.717, 1.165) is 16.5 Å². The first-order valence-electron chi connectivity index (χ1n) is 4.78. The van der Waals surface area contributed by atoms with Gasteiger partial charge in [0.15, 0.2) is 0 Å². The van der Waals surface area contributed by atoms with E-state index in [0.29, 0.717) is 5.82 Å². The third kappa shape index (κ3) is 1.30. The van der Waals surface area contributed by atoms with Crippen molar-refractivity contribution in [1.82, 2.24) is 10.1 Å². The van der Waals surface area contributed by atoms with E-state index in [2.05, 4.69) is 10.1 Å². The first-order valence-corrected chi connectivity index (χ1v) is 4.78. The lowest BCUT2D eigenvalue weighted by Crippen LogP contribution is -1.82. The molecule has 3 aromatic rings. The molecule has 0 spiro atoms. The van der Waals surface area contributed by atoms with Gasteiger partial charge in [-0.1, -0.05) is 23.4 Å². The summed E-state index contributed by atoms with van der Waals surface area (Å²) in [4.78, 5) is 4.03. The quantitative estimate of drug-likeness (QED) is 0.709. The number of hydrogen-bond acceptors (Lipinski definition) is 5. The zero-order valence-corrected chi connectivity index (χ0v) is 8.25. The number of aliphatic hydroxyl groups excluding tert-OH is 1. The third-order valence-electron chi connectivity index (χ3n) is 2.33. The van der Waals surface area contributed by atoms with Crippen molar-refractivity contribution in [3.63, 3.8) is 0 Å². The molecule has 0 amide bonds. The third-order valence-corrected chi connectivity index (χ3v) is 2.33. The standard InChI is InChI=1S/C11H8N2O3/c14-5-10-12-11(13-16-10)8-6-15-9-4-2-1-3-7(8)9/h1-4,6,14H,5H2. The van der Waals surface area contributed by atoms with Crippen LogP contribution < -0.4 is 0 Å². The molecule has 0 aliphatic rings. The Morgan fingerprint density at radius 1 is 1.25 bits per heavy atom. The van der Waals surface area contributed by atoms with Crippen LogP contribution in [0.25, 0.3) is 22.4 Å². The molecule has 0 atom stereocenters. The molecule has 80 valence electrons. The summed E-state index contributed by atoms with van der Waals surface area (Å²) in [5.74, 6) is 0.620. The van der Waals surface area contributed by atoms with Crippen molar-refractivity contribution in [3.05, 3.63) is 36.4 Å². The van der Waals surface area contributed by atoms with Crippen molar-refractivity contribution in [2.75, 3.05) is 0 Å². The van der Waals surface area contributed by atoms with Crippen molar-refractivity contribution in [2.45, 2.75) is 6.61 Å². The highest BCUT2D eigenvalue weighted by Gasteiger charge is 2.13. The minimum atomic E-state index is -0.261. The van der Waals surface area contributed by atoms with Crippen LogP contribution in [-0.2, 0) is 6.61 Å². The van der Waals surface area contributed by atoms with Crippen LogP contribution >= 0.6 is 0 Å². The van der Waals surface area contributed by atoms with Crippen LogP contribution in [0, 0.1) is 0 Å². The van der Waals surface area contributed by atoms with E-state index in [1.54, 1.807) is 6.26 Å². The summed E-state index contributed by atoms with van der Waals surface area (Å²) in [6.07, 6.45) is 1.58. The lowest BCUT2D eigenvalue weighted by Gasteiger charge is -1.88. The van der Waals surface area contributed by atoms with E-state index in [9.17, 15) is 0 Å². The normalized spacial score (nSPS) is 11.1. The van der Waals surface area contributed by atoms with Gasteiger partial charge in [-0.25, -0.2) is 0 Å². The van der Waals surface area contributed by atoms with Crippen LogP contribution in [0.1, 0.15) is 5.89 Å². The second-order valence-electron chi connectivity index (χ2n) is 3.32. The van der Waals surface area contributed by atoms with Crippen LogP contribution in [0.5, 0.6) is 0 Å². The molecule has 1 aromatic carbocycles. The largest absolute Gasteiger partial charge is 0.464 e. The molecule has 0 aliphatic carbocycles. The van der Waals surface area contributed by atoms with Crippen LogP contribution in [-0.4, -0.2) is 15.2 Å². The first kappa shape index (κ1) is 9.11. The van der Waals surface area contributed by atoms with Gasteiger partial charge >= 0.3 is 0 Å². The van der Waals surface area contributed by atoms with E-state index in [-0.39, 0.29) is 12.5 Å². The highest BCUT2D eigenvalue weighted by atomic mass is 16.5. The van der Waals surface area contributed by atoms with Gasteiger partial charge in [0.05, 0.1) is 5.56 Å². The topological polar surface area (TPSA) is 72.3 Å². The van der Waals surface area contributed by atoms with E-state index >= 15 is 0 Å². The van der Waals surface area contributed by atoms with Crippen molar-refractivity contribution in [1.29, 1.82) is 0 Å². The summed E-state index contributed by atoms with van der Waals surface area (Å²) in [7, 11) is 0. The fourth-order valence-corrected chi connectivity index (χ4v) is 1.58. The Bertz CT molecular complexity index is 627. The molecule has 0 unspecified atom stereocenters. The summed E-state index contributed by atoms with van der Waals surface area (Å²) in [6.45, 7) is -0.261. The van der Waals surface area contributed by atoms with Crippen LogP contribution in [0.2, 0.25) is 0 Å². The predicted octanol–water partition coefficient (Wildman–Crippen LogP) is 1.98. The fraction of sp³-hybridized carbons (Fsp3) is 0.0909. The number of aliphatic hydroxyl groups is 1. The van der Waals surface area contributed by atoms with Gasteiger partial charge in [0, 0.05) is 5.39 Å². The van der Waals surface area contributed by atoms with Crippen molar-refractivity contribution in [2.24, 2.45) is 0 Å². The summed E-state index contributed by atoms with van der Waals surface area (Å²) >= 11 is 0. The molecule has 5 nitrogen and oxygen atoms in total. The maximum absolute atomic E-state index is 8.84. The second kappa shape index (κ2) is 3.46. The lowest BCUT2D eigenvalue weighted by molar-refractivity contribution is 0.222. The molecule has 2 heterocycles. The van der Waals surface area contributed by atoms with Crippen LogP contribution in [0.4, 0.5) is 0 Å². The average molecular weight is 216 g/mol. The maximum Gasteiger partial charge on any atom is 0.252 e. The van der Waals surface area contributed by atoms with Gasteiger partial charge in [0.1, 0.15) is 18.5 Å². The summed E-state index contributed by atoms with van der Waals surface area (Å²) in [6, 6.07) is 7.59. The van der Waals surface area contributed by atoms with Crippen LogP contribution in [0.3, 0.4) is 0 Å². The zero-order chi connectivity index (χ0) is 11.0. The Morgan fingerprint density at radius 2 is 2.12 bits per heavy atom. The lowest BCUT2D eigenvalue weighted by atomic mass is 10.2. The van der Waals surface area contributed by atoms with E-state index in [4.69, 9.17) is 14.0 Å². The smallest absolute Gasteiger partial charge is 0.252 e. The van der Waals surface area contributed by atoms with Crippen molar-refractivity contribution < 1.29 is 14.0 Å². The number of benzene rings is 1. The molecular weight excluding hydrogens is 208 g/mol. The Morgan fingerprint density at radius 3 is 2.94 bits per heavy atom. The summed E-state index contributed by atoms with van der Waals surface area (Å²) in [5, 5.41) is 13.5. The van der Waals surface area contributed by atoms with Gasteiger partial charge in [0.25, 0.3) is 5.89 Å². The number of aromatic nitrogens is 2. The molecule has 1 N–H and O–H groups in total. The average Bonchev–Trinajstić information content (AvgIpc) is 2.94. The van der Waals surface area contributed by atoms with Gasteiger partial charge in [0.2, 0.25) is 5.82 Å². The SMILES string of the molecule is OCc1nc(-c2coc3ccccc23)no1. The molecule has 0 bridgehead atoms. The zero-order valence-electron chi connectivity index (χ0n) is 8.25. The molecule has 5 heteroatoms. The molecule has 0 saturated carbocycles. The Labute approximate surface area is 90.3 Å². The monoisotopic (exact) mass is 216 g/mol. The highest BCUT2D eigenvalue weighted by Crippen LogP contribution is 2.28. The summed E-state index contributed by atoms with van der Waals surface area (Å²) < 4.78 is 10.2. The number of rotatable bonds is 2. The number of nitrogens with zero attached hydrogens (tertiary/aromatic N) is 2. The molecule has 2 aromatic heterocycles. The van der Waals surface area contributed by atoms with Crippen molar-refractivity contribution in [3.8, 4) is 11.4 Å². The van der Waals surface area contributed by atoms with Gasteiger partial charge < -0.3 is 14.0 Å². The number of hydrogen-bond donors (Lipinski definition) is 1. The number of para-hydroxylation sites is 1. The summed E-state index contributed by atoms with van der Waals surface area (Å²) in [5.41, 5.74) is 1.53. The van der Waals surface area contributed by atoms with E-state index in [1.165, 1.54) is 0 Å². The molecule has 0 radical (unpaired) electrons. The minimum absolute atomic E-state index is 0.195. The highest BCUT2D eigenvalue weighted by molar-refractivity contribution is 5.91. The van der Waals surface area contributed by atoms with Gasteiger partial charge in [-0.05, 0) is 6.07 Å². The second-order valence-corrected chi connectivity index (χ2v) is 3.32. The molecule has 0 aliphatic heterocycles. The van der Waals surface area contributed by atoms with E-state index < -0.39 is 0 Å². The number of fused-ring (bicyclic) bond motifs is 1. The fourth-order valence-electron chi connectivity index (χ4n) is 1.58. The molecule has 16 heavy (non-hydrogen) atoms. The van der Waals surface area contributed by atoms with E-state index in [1.807, 2.05) is 24.3 Å². The predicted molar refractivity (Wildman–Crippen MR) is 55.4 cm³/mol. The molecule has 0 saturated heterocycles. The van der Waals surface area contributed by atoms with Crippen molar-refractivity contribution >= 4 is 11.0 Å². The Hall–Kier alpha value is -2.14. The maximum atomic E-state index is 8.84. The molecule has 0 fully saturated rings.